The van der Waals surface area contributed by atoms with Crippen LogP contribution in [0.3, 0.4) is 0 Å². The summed E-state index contributed by atoms with van der Waals surface area (Å²) in [4.78, 5) is 0. The normalized spacial score (nSPS) is 14.2. The largest absolute Gasteiger partial charge is 0.469 e. The average Bonchev–Trinajstić information content (AvgIpc) is 2.46. The van der Waals surface area contributed by atoms with Crippen molar-refractivity contribution in [2.24, 2.45) is 0 Å². The van der Waals surface area contributed by atoms with Gasteiger partial charge in [-0.15, -0.1) is 0 Å². The molecule has 0 saturated carbocycles. The monoisotopic (exact) mass is 218 g/mol. The van der Waals surface area contributed by atoms with Crippen LogP contribution in [-0.4, -0.2) is 25.5 Å². The van der Waals surface area contributed by atoms with Gasteiger partial charge < -0.3 is 9.52 Å². The van der Waals surface area contributed by atoms with E-state index >= 15 is 0 Å². The molecule has 1 aromatic rings. The molecule has 0 radical (unpaired) electrons. The van der Waals surface area contributed by atoms with Crippen molar-refractivity contribution in [2.75, 3.05) is 12.0 Å². The Hall–Kier alpha value is -0.810. The first-order valence-electron chi connectivity index (χ1n) is 4.29. The summed E-state index contributed by atoms with van der Waals surface area (Å²) in [5, 5.41) is 9.57. The zero-order valence-electron chi connectivity index (χ0n) is 8.23. The Kier molecular flexibility index (Phi) is 3.34. The number of aryl methyl sites for hydroxylation is 1. The van der Waals surface area contributed by atoms with Gasteiger partial charge in [0.25, 0.3) is 0 Å². The van der Waals surface area contributed by atoms with E-state index in [1.54, 1.807) is 13.0 Å². The highest BCUT2D eigenvalue weighted by molar-refractivity contribution is 7.90. The van der Waals surface area contributed by atoms with Crippen molar-refractivity contribution >= 4 is 9.84 Å². The van der Waals surface area contributed by atoms with Crippen LogP contribution in [0.25, 0.3) is 0 Å². The van der Waals surface area contributed by atoms with Crippen LogP contribution in [0.15, 0.2) is 16.7 Å². The van der Waals surface area contributed by atoms with Crippen molar-refractivity contribution in [1.29, 1.82) is 0 Å². The fourth-order valence-corrected chi connectivity index (χ4v) is 1.78. The second kappa shape index (κ2) is 4.14. The molecule has 0 saturated heterocycles. The van der Waals surface area contributed by atoms with Gasteiger partial charge in [0.2, 0.25) is 0 Å². The van der Waals surface area contributed by atoms with Gasteiger partial charge >= 0.3 is 0 Å². The number of furan rings is 1. The minimum atomic E-state index is -3.01. The van der Waals surface area contributed by atoms with Crippen LogP contribution in [-0.2, 0) is 9.84 Å². The molecule has 0 aromatic carbocycles. The Morgan fingerprint density at radius 2 is 2.21 bits per heavy atom. The summed E-state index contributed by atoms with van der Waals surface area (Å²) >= 11 is 0. The van der Waals surface area contributed by atoms with Crippen LogP contribution in [0.4, 0.5) is 0 Å². The minimum Gasteiger partial charge on any atom is -0.469 e. The maximum absolute atomic E-state index is 10.8. The van der Waals surface area contributed by atoms with Crippen molar-refractivity contribution in [2.45, 2.75) is 19.4 Å². The quantitative estimate of drug-likeness (QED) is 0.820. The molecule has 0 bridgehead atoms. The van der Waals surface area contributed by atoms with Crippen LogP contribution < -0.4 is 0 Å². The first-order valence-corrected chi connectivity index (χ1v) is 6.35. The van der Waals surface area contributed by atoms with E-state index in [2.05, 4.69) is 0 Å². The van der Waals surface area contributed by atoms with Crippen LogP contribution >= 0.6 is 0 Å². The highest BCUT2D eigenvalue weighted by Crippen LogP contribution is 2.19. The fraction of sp³-hybridized carbons (Fsp3) is 0.556. The van der Waals surface area contributed by atoms with Gasteiger partial charge in [-0.3, -0.25) is 0 Å². The molecule has 1 rings (SSSR count). The zero-order valence-corrected chi connectivity index (χ0v) is 9.04. The van der Waals surface area contributed by atoms with Gasteiger partial charge in [0.1, 0.15) is 15.6 Å². The Bertz CT molecular complexity index is 391. The predicted molar refractivity (Wildman–Crippen MR) is 52.7 cm³/mol. The van der Waals surface area contributed by atoms with Gasteiger partial charge in [-0.25, -0.2) is 8.42 Å². The molecular formula is C9H14O4S. The number of rotatable bonds is 4. The Balaban J connectivity index is 2.55. The molecule has 1 atom stereocenters. The molecule has 14 heavy (non-hydrogen) atoms. The lowest BCUT2D eigenvalue weighted by Gasteiger charge is -2.06. The molecule has 1 aromatic heterocycles. The summed E-state index contributed by atoms with van der Waals surface area (Å²) in [5.74, 6) is 0.691. The standard InChI is InChI=1S/C9H14O4S/c1-7-5-8(6-13-7)9(10)3-4-14(2,11)12/h5-6,9-10H,3-4H2,1-2H3. The van der Waals surface area contributed by atoms with Gasteiger partial charge in [-0.1, -0.05) is 0 Å². The molecule has 0 aliphatic carbocycles. The Morgan fingerprint density at radius 3 is 2.64 bits per heavy atom. The van der Waals surface area contributed by atoms with E-state index < -0.39 is 15.9 Å². The van der Waals surface area contributed by atoms with E-state index in [9.17, 15) is 13.5 Å². The van der Waals surface area contributed by atoms with Gasteiger partial charge in [0.15, 0.2) is 0 Å². The second-order valence-corrected chi connectivity index (χ2v) is 5.68. The van der Waals surface area contributed by atoms with Crippen molar-refractivity contribution in [3.8, 4) is 0 Å². The van der Waals surface area contributed by atoms with E-state index in [1.165, 1.54) is 6.26 Å². The van der Waals surface area contributed by atoms with Gasteiger partial charge in [0.05, 0.1) is 18.1 Å². The third-order valence-corrected chi connectivity index (χ3v) is 2.87. The lowest BCUT2D eigenvalue weighted by molar-refractivity contribution is 0.173. The van der Waals surface area contributed by atoms with E-state index in [0.717, 1.165) is 6.26 Å². The molecule has 4 nitrogen and oxygen atoms in total. The van der Waals surface area contributed by atoms with Gasteiger partial charge in [0, 0.05) is 11.8 Å². The lowest BCUT2D eigenvalue weighted by atomic mass is 10.1. The van der Waals surface area contributed by atoms with E-state index in [4.69, 9.17) is 4.42 Å². The highest BCUT2D eigenvalue weighted by atomic mass is 32.2. The molecular weight excluding hydrogens is 204 g/mol. The smallest absolute Gasteiger partial charge is 0.147 e. The van der Waals surface area contributed by atoms with E-state index in [0.29, 0.717) is 11.3 Å². The Morgan fingerprint density at radius 1 is 1.57 bits per heavy atom. The summed E-state index contributed by atoms with van der Waals surface area (Å²) in [5.41, 5.74) is 0.631. The number of sulfone groups is 1. The molecule has 0 aliphatic heterocycles. The molecule has 0 spiro atoms. The van der Waals surface area contributed by atoms with E-state index in [-0.39, 0.29) is 12.2 Å². The molecule has 1 N–H and O–H groups in total. The van der Waals surface area contributed by atoms with Gasteiger partial charge in [-0.2, -0.15) is 0 Å². The molecule has 1 heterocycles. The lowest BCUT2D eigenvalue weighted by Crippen LogP contribution is -2.07. The predicted octanol–water partition coefficient (Wildman–Crippen LogP) is 1.06. The summed E-state index contributed by atoms with van der Waals surface area (Å²) in [7, 11) is -3.01. The van der Waals surface area contributed by atoms with Crippen LogP contribution in [0, 0.1) is 6.92 Å². The number of hydrogen-bond donors (Lipinski definition) is 1. The third kappa shape index (κ3) is 3.51. The van der Waals surface area contributed by atoms with Crippen molar-refractivity contribution in [3.63, 3.8) is 0 Å². The maximum Gasteiger partial charge on any atom is 0.147 e. The molecule has 1 unspecified atom stereocenters. The maximum atomic E-state index is 10.8. The topological polar surface area (TPSA) is 67.5 Å². The third-order valence-electron chi connectivity index (χ3n) is 1.90. The minimum absolute atomic E-state index is 0.0155. The molecule has 5 heteroatoms. The SMILES string of the molecule is Cc1cc(C(O)CCS(C)(=O)=O)co1. The van der Waals surface area contributed by atoms with Crippen molar-refractivity contribution in [1.82, 2.24) is 0 Å². The summed E-state index contributed by atoms with van der Waals surface area (Å²) in [6, 6.07) is 1.70. The van der Waals surface area contributed by atoms with Crippen LogP contribution in [0.1, 0.15) is 23.8 Å². The number of aliphatic hydroxyl groups excluding tert-OH is 1. The Labute approximate surface area is 83.5 Å². The number of hydrogen-bond acceptors (Lipinski definition) is 4. The van der Waals surface area contributed by atoms with Crippen molar-refractivity contribution in [3.05, 3.63) is 23.7 Å². The summed E-state index contributed by atoms with van der Waals surface area (Å²) < 4.78 is 26.7. The molecule has 0 aliphatic rings. The second-order valence-electron chi connectivity index (χ2n) is 3.43. The first-order chi connectivity index (χ1) is 6.38. The van der Waals surface area contributed by atoms with Crippen molar-refractivity contribution < 1.29 is 17.9 Å². The molecule has 0 fully saturated rings. The number of aliphatic hydroxyl groups is 1. The fourth-order valence-electron chi connectivity index (χ4n) is 1.13. The van der Waals surface area contributed by atoms with Crippen LogP contribution in [0.5, 0.6) is 0 Å². The average molecular weight is 218 g/mol. The van der Waals surface area contributed by atoms with Crippen LogP contribution in [0.2, 0.25) is 0 Å². The summed E-state index contributed by atoms with van der Waals surface area (Å²) in [6.45, 7) is 1.77. The molecule has 80 valence electrons. The van der Waals surface area contributed by atoms with E-state index in [1.807, 2.05) is 0 Å². The van der Waals surface area contributed by atoms with Gasteiger partial charge in [-0.05, 0) is 19.4 Å². The highest BCUT2D eigenvalue weighted by Gasteiger charge is 2.13. The molecule has 0 amide bonds. The first kappa shape index (κ1) is 11.3. The summed E-state index contributed by atoms with van der Waals surface area (Å²) in [6.07, 6.45) is 2.04. The zero-order chi connectivity index (χ0) is 10.8.